The van der Waals surface area contributed by atoms with Crippen molar-refractivity contribution in [2.45, 2.75) is 43.9 Å². The molecule has 4 fully saturated rings. The van der Waals surface area contributed by atoms with Crippen LogP contribution in [0.15, 0.2) is 152 Å². The van der Waals surface area contributed by atoms with Gasteiger partial charge < -0.3 is 4.90 Å². The normalized spacial score (nSPS) is 24.7. The summed E-state index contributed by atoms with van der Waals surface area (Å²) in [6.45, 7) is 0. The van der Waals surface area contributed by atoms with Crippen molar-refractivity contribution in [1.29, 1.82) is 0 Å². The highest BCUT2D eigenvalue weighted by molar-refractivity contribution is 5.95. The van der Waals surface area contributed by atoms with Crippen LogP contribution in [0, 0.1) is 23.7 Å². The van der Waals surface area contributed by atoms with E-state index in [1.165, 1.54) is 89.0 Å². The van der Waals surface area contributed by atoms with E-state index in [0.29, 0.717) is 0 Å². The van der Waals surface area contributed by atoms with Gasteiger partial charge in [-0.3, -0.25) is 0 Å². The largest absolute Gasteiger partial charge is 0.310 e. The van der Waals surface area contributed by atoms with Crippen molar-refractivity contribution in [3.8, 4) is 33.4 Å². The van der Waals surface area contributed by atoms with Crippen molar-refractivity contribution in [2.24, 2.45) is 23.7 Å². The Hall–Kier alpha value is -4.88. The van der Waals surface area contributed by atoms with E-state index in [9.17, 15) is 0 Å². The molecule has 4 bridgehead atoms. The molecule has 234 valence electrons. The zero-order chi connectivity index (χ0) is 31.7. The Morgan fingerprint density at radius 3 is 1.62 bits per heavy atom. The fraction of sp³-hybridized carbons (Fsp3) is 0.234. The van der Waals surface area contributed by atoms with Gasteiger partial charge in [-0.15, -0.1) is 0 Å². The first-order chi connectivity index (χ1) is 23.8. The van der Waals surface area contributed by atoms with Gasteiger partial charge in [-0.1, -0.05) is 128 Å². The fourth-order valence-electron chi connectivity index (χ4n) is 10.8. The minimum absolute atomic E-state index is 0.133. The van der Waals surface area contributed by atoms with Gasteiger partial charge in [-0.25, -0.2) is 0 Å². The maximum atomic E-state index is 2.53. The van der Waals surface area contributed by atoms with E-state index >= 15 is 0 Å². The lowest BCUT2D eigenvalue weighted by atomic mass is 9.51. The van der Waals surface area contributed by atoms with Crippen LogP contribution in [-0.2, 0) is 5.41 Å². The van der Waals surface area contributed by atoms with Gasteiger partial charge in [0.15, 0.2) is 0 Å². The van der Waals surface area contributed by atoms with Gasteiger partial charge in [0.2, 0.25) is 0 Å². The zero-order valence-corrected chi connectivity index (χ0v) is 27.4. The standard InChI is InChI=1S/C47H41N/c1-3-10-34(11-4-1)36-19-24-40(25-20-36)48(41-26-21-37(22-27-41)35-12-5-2-6-13-35)45-17-9-16-44-46(45)42-14-7-8-15-43(42)47(44)38-23-18-32-28-33(30-38)31-39(47)29-32/h1-17,19-22,24-27,32-33,38-39H,18,23,28-31H2. The van der Waals surface area contributed by atoms with Crippen molar-refractivity contribution >= 4 is 17.1 Å². The van der Waals surface area contributed by atoms with Crippen LogP contribution in [0.3, 0.4) is 0 Å². The maximum Gasteiger partial charge on any atom is 0.0543 e. The second kappa shape index (κ2) is 11.1. The zero-order valence-electron chi connectivity index (χ0n) is 27.4. The minimum atomic E-state index is 0.133. The fourth-order valence-corrected chi connectivity index (χ4v) is 10.8. The molecule has 0 aromatic heterocycles. The van der Waals surface area contributed by atoms with Crippen LogP contribution in [0.5, 0.6) is 0 Å². The van der Waals surface area contributed by atoms with Crippen LogP contribution >= 0.6 is 0 Å². The molecule has 5 unspecified atom stereocenters. The lowest BCUT2D eigenvalue weighted by Crippen LogP contribution is -2.48. The molecule has 1 heteroatoms. The van der Waals surface area contributed by atoms with Crippen LogP contribution in [0.2, 0.25) is 0 Å². The van der Waals surface area contributed by atoms with Crippen molar-refractivity contribution in [2.75, 3.05) is 4.90 Å². The molecule has 4 saturated carbocycles. The Balaban J connectivity index is 1.17. The Morgan fingerprint density at radius 1 is 0.417 bits per heavy atom. The molecule has 0 radical (unpaired) electrons. The summed E-state index contributed by atoms with van der Waals surface area (Å²) < 4.78 is 0. The number of rotatable bonds is 5. The second-order valence-corrected chi connectivity index (χ2v) is 14.9. The van der Waals surface area contributed by atoms with E-state index in [2.05, 4.69) is 157 Å². The van der Waals surface area contributed by atoms with E-state index in [4.69, 9.17) is 0 Å². The Kier molecular flexibility index (Phi) is 6.51. The van der Waals surface area contributed by atoms with Gasteiger partial charge in [0.1, 0.15) is 0 Å². The molecule has 48 heavy (non-hydrogen) atoms. The summed E-state index contributed by atoms with van der Waals surface area (Å²) in [5.74, 6) is 3.31. The number of nitrogens with zero attached hydrogens (tertiary/aromatic N) is 1. The molecule has 0 heterocycles. The van der Waals surface area contributed by atoms with Crippen LogP contribution < -0.4 is 4.90 Å². The highest BCUT2D eigenvalue weighted by atomic mass is 15.1. The first-order valence-electron chi connectivity index (χ1n) is 18.1. The molecule has 0 aliphatic heterocycles. The molecule has 11 rings (SSSR count). The average Bonchev–Trinajstić information content (AvgIpc) is 3.30. The third-order valence-electron chi connectivity index (χ3n) is 12.6. The third kappa shape index (κ3) is 4.23. The van der Waals surface area contributed by atoms with Gasteiger partial charge in [0.25, 0.3) is 0 Å². The van der Waals surface area contributed by atoms with Crippen LogP contribution in [0.25, 0.3) is 33.4 Å². The summed E-state index contributed by atoms with van der Waals surface area (Å²) in [6, 6.07) is 56.7. The molecule has 1 nitrogen and oxygen atoms in total. The molecule has 0 amide bonds. The molecular formula is C47H41N. The van der Waals surface area contributed by atoms with Gasteiger partial charge in [-0.2, -0.15) is 0 Å². The number of anilines is 3. The summed E-state index contributed by atoms with van der Waals surface area (Å²) >= 11 is 0. The van der Waals surface area contributed by atoms with E-state index in [1.807, 2.05) is 0 Å². The second-order valence-electron chi connectivity index (χ2n) is 14.9. The Bertz CT molecular complexity index is 2000. The van der Waals surface area contributed by atoms with Gasteiger partial charge in [0, 0.05) is 22.4 Å². The third-order valence-corrected chi connectivity index (χ3v) is 12.6. The maximum absolute atomic E-state index is 2.53. The lowest BCUT2D eigenvalue weighted by Gasteiger charge is -2.53. The van der Waals surface area contributed by atoms with Crippen molar-refractivity contribution in [3.63, 3.8) is 0 Å². The highest BCUT2D eigenvalue weighted by Crippen LogP contribution is 2.68. The van der Waals surface area contributed by atoms with E-state index < -0.39 is 0 Å². The smallest absolute Gasteiger partial charge is 0.0543 e. The quantitative estimate of drug-likeness (QED) is 0.186. The van der Waals surface area contributed by atoms with Crippen LogP contribution in [0.4, 0.5) is 17.1 Å². The first kappa shape index (κ1) is 28.2. The Morgan fingerprint density at radius 2 is 0.958 bits per heavy atom. The molecule has 5 aliphatic rings. The van der Waals surface area contributed by atoms with E-state index in [1.54, 1.807) is 11.1 Å². The molecule has 0 saturated heterocycles. The number of fused-ring (bicyclic) bond motifs is 4. The van der Waals surface area contributed by atoms with E-state index in [-0.39, 0.29) is 5.41 Å². The molecule has 0 N–H and O–H groups in total. The SMILES string of the molecule is c1ccc(-c2ccc(N(c3ccc(-c4ccccc4)cc3)c3cccc4c3-c3ccccc3C43C4CCC5CC(C4)CC3C5)cc2)cc1. The van der Waals surface area contributed by atoms with Crippen molar-refractivity contribution < 1.29 is 0 Å². The van der Waals surface area contributed by atoms with Crippen molar-refractivity contribution in [3.05, 3.63) is 163 Å². The summed E-state index contributed by atoms with van der Waals surface area (Å²) in [4.78, 5) is 2.53. The summed E-state index contributed by atoms with van der Waals surface area (Å²) in [5.41, 5.74) is 14.9. The van der Waals surface area contributed by atoms with Gasteiger partial charge in [-0.05, 0) is 125 Å². The molecule has 6 aromatic carbocycles. The van der Waals surface area contributed by atoms with Gasteiger partial charge in [0.05, 0.1) is 5.69 Å². The monoisotopic (exact) mass is 619 g/mol. The summed E-state index contributed by atoms with van der Waals surface area (Å²) in [7, 11) is 0. The Labute approximate surface area is 284 Å². The highest BCUT2D eigenvalue weighted by Gasteiger charge is 2.59. The predicted molar refractivity (Wildman–Crippen MR) is 200 cm³/mol. The summed E-state index contributed by atoms with van der Waals surface area (Å²) in [6.07, 6.45) is 8.47. The molecule has 1 spiro atoms. The minimum Gasteiger partial charge on any atom is -0.310 e. The summed E-state index contributed by atoms with van der Waals surface area (Å²) in [5, 5.41) is 0. The molecule has 5 aliphatic carbocycles. The van der Waals surface area contributed by atoms with Crippen LogP contribution in [0.1, 0.15) is 49.7 Å². The lowest BCUT2D eigenvalue weighted by molar-refractivity contribution is 0.0618. The van der Waals surface area contributed by atoms with Crippen LogP contribution in [-0.4, -0.2) is 0 Å². The average molecular weight is 620 g/mol. The predicted octanol–water partition coefficient (Wildman–Crippen LogP) is 12.6. The first-order valence-corrected chi connectivity index (χ1v) is 18.1. The number of benzene rings is 6. The van der Waals surface area contributed by atoms with E-state index in [0.717, 1.165) is 23.7 Å². The topological polar surface area (TPSA) is 3.24 Å². The van der Waals surface area contributed by atoms with Gasteiger partial charge >= 0.3 is 0 Å². The molecule has 6 aromatic rings. The molecular weight excluding hydrogens is 579 g/mol. The van der Waals surface area contributed by atoms with Crippen molar-refractivity contribution in [1.82, 2.24) is 0 Å². The number of hydrogen-bond donors (Lipinski definition) is 0. The number of hydrogen-bond acceptors (Lipinski definition) is 1. The molecule has 5 atom stereocenters.